The minimum absolute atomic E-state index is 0.340. The number of hydrogen-bond acceptors (Lipinski definition) is 5. The van der Waals surface area contributed by atoms with E-state index in [0.717, 1.165) is 50.3 Å². The van der Waals surface area contributed by atoms with Gasteiger partial charge in [0, 0.05) is 13.1 Å². The van der Waals surface area contributed by atoms with E-state index in [1.54, 1.807) is 11.3 Å². The van der Waals surface area contributed by atoms with E-state index in [2.05, 4.69) is 27.3 Å². The van der Waals surface area contributed by atoms with Crippen molar-refractivity contribution in [3.8, 4) is 5.75 Å². The van der Waals surface area contributed by atoms with Crippen molar-refractivity contribution in [2.75, 3.05) is 31.1 Å². The predicted octanol–water partition coefficient (Wildman–Crippen LogP) is 3.42. The summed E-state index contributed by atoms with van der Waals surface area (Å²) in [5.74, 6) is 1.02. The highest BCUT2D eigenvalue weighted by Crippen LogP contribution is 2.37. The van der Waals surface area contributed by atoms with Crippen LogP contribution in [0.25, 0.3) is 10.2 Å². The Kier molecular flexibility index (Phi) is 4.17. The molecular formula is C17H23N3OS. The number of benzene rings is 1. The Balaban J connectivity index is 1.62. The molecule has 0 amide bonds. The Morgan fingerprint density at radius 3 is 2.77 bits per heavy atom. The summed E-state index contributed by atoms with van der Waals surface area (Å²) < 4.78 is 7.49. The minimum atomic E-state index is 0.340. The zero-order valence-corrected chi connectivity index (χ0v) is 13.7. The molecule has 4 nitrogen and oxygen atoms in total. The number of nitrogens with zero attached hydrogens (tertiary/aromatic N) is 2. The third-order valence-corrected chi connectivity index (χ3v) is 5.54. The Labute approximate surface area is 135 Å². The molecule has 0 spiro atoms. The molecule has 3 heterocycles. The van der Waals surface area contributed by atoms with E-state index in [-0.39, 0.29) is 0 Å². The molecular weight excluding hydrogens is 294 g/mol. The number of piperidine rings is 2. The SMILES string of the molecule is c1nc2c(N3CCCCC3)ccc(OC3CCNCC3)c2s1. The summed E-state index contributed by atoms with van der Waals surface area (Å²) >= 11 is 1.70. The average Bonchev–Trinajstić information content (AvgIpc) is 3.07. The zero-order chi connectivity index (χ0) is 14.8. The van der Waals surface area contributed by atoms with Gasteiger partial charge in [-0.25, -0.2) is 4.98 Å². The van der Waals surface area contributed by atoms with Crippen LogP contribution >= 0.6 is 11.3 Å². The summed E-state index contributed by atoms with van der Waals surface area (Å²) in [4.78, 5) is 7.12. The summed E-state index contributed by atoms with van der Waals surface area (Å²) in [7, 11) is 0. The molecule has 118 valence electrons. The van der Waals surface area contributed by atoms with Crippen molar-refractivity contribution in [3.05, 3.63) is 17.6 Å². The van der Waals surface area contributed by atoms with Crippen LogP contribution in [0.2, 0.25) is 0 Å². The Morgan fingerprint density at radius 2 is 1.95 bits per heavy atom. The molecule has 0 atom stereocenters. The normalized spacial score (nSPS) is 20.5. The first kappa shape index (κ1) is 14.3. The Morgan fingerprint density at radius 1 is 1.14 bits per heavy atom. The van der Waals surface area contributed by atoms with E-state index in [0.29, 0.717) is 6.10 Å². The van der Waals surface area contributed by atoms with Crippen LogP contribution < -0.4 is 15.0 Å². The maximum atomic E-state index is 6.28. The molecule has 2 saturated heterocycles. The molecule has 2 aromatic rings. The molecule has 0 radical (unpaired) electrons. The monoisotopic (exact) mass is 317 g/mol. The Bertz CT molecular complexity index is 630. The van der Waals surface area contributed by atoms with Gasteiger partial charge in [-0.1, -0.05) is 0 Å². The van der Waals surface area contributed by atoms with Gasteiger partial charge in [0.1, 0.15) is 17.4 Å². The van der Waals surface area contributed by atoms with E-state index in [4.69, 9.17) is 4.74 Å². The van der Waals surface area contributed by atoms with Crippen molar-refractivity contribution < 1.29 is 4.74 Å². The topological polar surface area (TPSA) is 37.4 Å². The molecule has 0 saturated carbocycles. The minimum Gasteiger partial charge on any atom is -0.489 e. The van der Waals surface area contributed by atoms with E-state index in [1.165, 1.54) is 29.6 Å². The van der Waals surface area contributed by atoms with Crippen molar-refractivity contribution in [2.24, 2.45) is 0 Å². The largest absolute Gasteiger partial charge is 0.489 e. The van der Waals surface area contributed by atoms with Gasteiger partial charge in [0.05, 0.1) is 15.9 Å². The molecule has 0 bridgehead atoms. The predicted molar refractivity (Wildman–Crippen MR) is 92.2 cm³/mol. The zero-order valence-electron chi connectivity index (χ0n) is 12.9. The average molecular weight is 317 g/mol. The highest BCUT2D eigenvalue weighted by molar-refractivity contribution is 7.17. The van der Waals surface area contributed by atoms with Gasteiger partial charge >= 0.3 is 0 Å². The van der Waals surface area contributed by atoms with Crippen LogP contribution in [0.5, 0.6) is 5.75 Å². The molecule has 4 rings (SSSR count). The lowest BCUT2D eigenvalue weighted by atomic mass is 10.1. The second kappa shape index (κ2) is 6.42. The van der Waals surface area contributed by atoms with Crippen LogP contribution in [-0.4, -0.2) is 37.3 Å². The number of rotatable bonds is 3. The van der Waals surface area contributed by atoms with Crippen LogP contribution in [0.3, 0.4) is 0 Å². The standard InChI is InChI=1S/C17H23N3OS/c1-2-10-20(11-3-1)14-4-5-15(17-16(14)19-12-22-17)21-13-6-8-18-9-7-13/h4-5,12-13,18H,1-3,6-11H2. The van der Waals surface area contributed by atoms with Gasteiger partial charge < -0.3 is 15.0 Å². The molecule has 2 aliphatic rings. The van der Waals surface area contributed by atoms with Gasteiger partial charge in [-0.3, -0.25) is 0 Å². The highest BCUT2D eigenvalue weighted by Gasteiger charge is 2.20. The number of ether oxygens (including phenoxy) is 1. The first-order valence-corrected chi connectivity index (χ1v) is 9.28. The molecule has 1 aromatic carbocycles. The van der Waals surface area contributed by atoms with E-state index >= 15 is 0 Å². The second-order valence-electron chi connectivity index (χ2n) is 6.23. The number of aromatic nitrogens is 1. The van der Waals surface area contributed by atoms with Gasteiger partial charge in [0.25, 0.3) is 0 Å². The number of anilines is 1. The number of hydrogen-bond donors (Lipinski definition) is 1. The first-order valence-electron chi connectivity index (χ1n) is 8.40. The molecule has 0 aliphatic carbocycles. The Hall–Kier alpha value is -1.33. The van der Waals surface area contributed by atoms with Crippen molar-refractivity contribution in [2.45, 2.75) is 38.2 Å². The maximum absolute atomic E-state index is 6.28. The van der Waals surface area contributed by atoms with Crippen molar-refractivity contribution >= 4 is 27.2 Å². The molecule has 2 aliphatic heterocycles. The van der Waals surface area contributed by atoms with Gasteiger partial charge in [0.2, 0.25) is 0 Å². The number of thiazole rings is 1. The van der Waals surface area contributed by atoms with Crippen LogP contribution in [0.1, 0.15) is 32.1 Å². The van der Waals surface area contributed by atoms with Crippen molar-refractivity contribution in [1.29, 1.82) is 0 Å². The summed E-state index contributed by atoms with van der Waals surface area (Å²) in [5, 5.41) is 3.39. The van der Waals surface area contributed by atoms with Crippen LogP contribution in [0.15, 0.2) is 17.6 Å². The van der Waals surface area contributed by atoms with Gasteiger partial charge in [-0.15, -0.1) is 11.3 Å². The summed E-state index contributed by atoms with van der Waals surface area (Å²) in [6, 6.07) is 4.37. The quantitative estimate of drug-likeness (QED) is 0.941. The molecule has 5 heteroatoms. The number of nitrogens with one attached hydrogen (secondary N) is 1. The molecule has 1 N–H and O–H groups in total. The first-order chi connectivity index (χ1) is 10.9. The molecule has 2 fully saturated rings. The lowest BCUT2D eigenvalue weighted by molar-refractivity contribution is 0.165. The summed E-state index contributed by atoms with van der Waals surface area (Å²) in [6.07, 6.45) is 6.46. The van der Waals surface area contributed by atoms with E-state index in [9.17, 15) is 0 Å². The molecule has 22 heavy (non-hydrogen) atoms. The van der Waals surface area contributed by atoms with Gasteiger partial charge in [-0.2, -0.15) is 0 Å². The molecule has 0 unspecified atom stereocenters. The van der Waals surface area contributed by atoms with Crippen LogP contribution in [-0.2, 0) is 0 Å². The lowest BCUT2D eigenvalue weighted by Gasteiger charge is -2.29. The van der Waals surface area contributed by atoms with Crippen LogP contribution in [0, 0.1) is 0 Å². The third-order valence-electron chi connectivity index (χ3n) is 4.70. The fourth-order valence-electron chi connectivity index (χ4n) is 3.49. The molecule has 1 aromatic heterocycles. The van der Waals surface area contributed by atoms with E-state index < -0.39 is 0 Å². The fourth-order valence-corrected chi connectivity index (χ4v) is 4.25. The van der Waals surface area contributed by atoms with E-state index in [1.807, 2.05) is 5.51 Å². The summed E-state index contributed by atoms with van der Waals surface area (Å²) in [5.41, 5.74) is 4.36. The number of fused-ring (bicyclic) bond motifs is 1. The fraction of sp³-hybridized carbons (Fsp3) is 0.588. The lowest BCUT2D eigenvalue weighted by Crippen LogP contribution is -2.34. The van der Waals surface area contributed by atoms with Crippen molar-refractivity contribution in [1.82, 2.24) is 10.3 Å². The van der Waals surface area contributed by atoms with Gasteiger partial charge in [-0.05, 0) is 57.3 Å². The second-order valence-corrected chi connectivity index (χ2v) is 7.08. The van der Waals surface area contributed by atoms with Crippen molar-refractivity contribution in [3.63, 3.8) is 0 Å². The van der Waals surface area contributed by atoms with Crippen LogP contribution in [0.4, 0.5) is 5.69 Å². The highest BCUT2D eigenvalue weighted by atomic mass is 32.1. The smallest absolute Gasteiger partial charge is 0.139 e. The third kappa shape index (κ3) is 2.79. The van der Waals surface area contributed by atoms with Gasteiger partial charge in [0.15, 0.2) is 0 Å². The maximum Gasteiger partial charge on any atom is 0.139 e. The summed E-state index contributed by atoms with van der Waals surface area (Å²) in [6.45, 7) is 4.42.